The van der Waals surface area contributed by atoms with Gasteiger partial charge in [0, 0.05) is 0 Å². The van der Waals surface area contributed by atoms with E-state index in [4.69, 9.17) is 0 Å². The van der Waals surface area contributed by atoms with Crippen molar-refractivity contribution in [1.82, 2.24) is 4.90 Å². The van der Waals surface area contributed by atoms with Crippen LogP contribution >= 0.6 is 11.8 Å². The number of thioether (sulfide) groups is 1. The highest BCUT2D eigenvalue weighted by Gasteiger charge is 2.00. The topological polar surface area (TPSA) is 3.24 Å². The molecular weight excluding hydrogens is 178 g/mol. The fourth-order valence-electron chi connectivity index (χ4n) is 1.55. The molecule has 80 valence electrons. The van der Waals surface area contributed by atoms with Crippen LogP contribution in [0.5, 0.6) is 0 Å². The highest BCUT2D eigenvalue weighted by Crippen LogP contribution is 2.02. The van der Waals surface area contributed by atoms with E-state index in [9.17, 15) is 0 Å². The molecule has 0 spiro atoms. The second-order valence-electron chi connectivity index (χ2n) is 3.54. The third kappa shape index (κ3) is 8.63. The van der Waals surface area contributed by atoms with Gasteiger partial charge in [-0.05, 0) is 57.3 Å². The van der Waals surface area contributed by atoms with Crippen molar-refractivity contribution in [3.05, 3.63) is 0 Å². The molecule has 0 amide bonds. The highest BCUT2D eigenvalue weighted by molar-refractivity contribution is 7.98. The first-order valence-corrected chi connectivity index (χ1v) is 6.95. The molecule has 0 unspecified atom stereocenters. The summed E-state index contributed by atoms with van der Waals surface area (Å²) in [5, 5.41) is 0. The molecule has 0 fully saturated rings. The van der Waals surface area contributed by atoms with Crippen LogP contribution in [0.25, 0.3) is 0 Å². The van der Waals surface area contributed by atoms with Crippen LogP contribution in [-0.4, -0.2) is 36.5 Å². The van der Waals surface area contributed by atoms with Gasteiger partial charge in [-0.25, -0.2) is 0 Å². The lowest BCUT2D eigenvalue weighted by atomic mass is 10.3. The molecule has 0 atom stereocenters. The van der Waals surface area contributed by atoms with E-state index in [1.54, 1.807) is 0 Å². The summed E-state index contributed by atoms with van der Waals surface area (Å²) in [5.74, 6) is 1.33. The van der Waals surface area contributed by atoms with E-state index in [0.717, 1.165) is 0 Å². The normalized spacial score (nSPS) is 11.1. The van der Waals surface area contributed by atoms with Gasteiger partial charge in [0.05, 0.1) is 0 Å². The average Bonchev–Trinajstić information content (AvgIpc) is 2.13. The standard InChI is InChI=1S/C11H25NS/c1-4-8-12(9-5-2)10-6-7-11-13-3/h4-11H2,1-3H3. The van der Waals surface area contributed by atoms with Crippen molar-refractivity contribution in [1.29, 1.82) is 0 Å². The quantitative estimate of drug-likeness (QED) is 0.529. The zero-order valence-corrected chi connectivity index (χ0v) is 10.3. The summed E-state index contributed by atoms with van der Waals surface area (Å²) in [7, 11) is 0. The molecule has 13 heavy (non-hydrogen) atoms. The predicted octanol–water partition coefficient (Wildman–Crippen LogP) is 3.25. The van der Waals surface area contributed by atoms with E-state index >= 15 is 0 Å². The van der Waals surface area contributed by atoms with Crippen molar-refractivity contribution in [2.24, 2.45) is 0 Å². The summed E-state index contributed by atoms with van der Waals surface area (Å²) in [6.07, 6.45) is 7.53. The Morgan fingerprint density at radius 2 is 1.54 bits per heavy atom. The highest BCUT2D eigenvalue weighted by atomic mass is 32.2. The first-order chi connectivity index (χ1) is 6.35. The van der Waals surface area contributed by atoms with Crippen LogP contribution in [0, 0.1) is 0 Å². The van der Waals surface area contributed by atoms with E-state index < -0.39 is 0 Å². The van der Waals surface area contributed by atoms with E-state index in [0.29, 0.717) is 0 Å². The Morgan fingerprint density at radius 3 is 2.00 bits per heavy atom. The van der Waals surface area contributed by atoms with Crippen LogP contribution in [0.1, 0.15) is 39.5 Å². The third-order valence-electron chi connectivity index (χ3n) is 2.15. The summed E-state index contributed by atoms with van der Waals surface area (Å²) >= 11 is 1.96. The number of hydrogen-bond acceptors (Lipinski definition) is 2. The number of nitrogens with zero attached hydrogens (tertiary/aromatic N) is 1. The molecule has 0 radical (unpaired) electrons. The van der Waals surface area contributed by atoms with E-state index in [2.05, 4.69) is 25.0 Å². The Bertz CT molecular complexity index is 90.1. The predicted molar refractivity (Wildman–Crippen MR) is 64.6 cm³/mol. The molecular formula is C11H25NS. The molecule has 0 heterocycles. The van der Waals surface area contributed by atoms with Gasteiger partial charge >= 0.3 is 0 Å². The molecule has 1 nitrogen and oxygen atoms in total. The number of rotatable bonds is 9. The van der Waals surface area contributed by atoms with E-state index in [-0.39, 0.29) is 0 Å². The largest absolute Gasteiger partial charge is 0.303 e. The monoisotopic (exact) mass is 203 g/mol. The van der Waals surface area contributed by atoms with Gasteiger partial charge in [-0.2, -0.15) is 11.8 Å². The zero-order valence-electron chi connectivity index (χ0n) is 9.51. The molecule has 0 aromatic carbocycles. The SMILES string of the molecule is CCCN(CCC)CCCCSC. The molecule has 0 aliphatic rings. The molecule has 0 N–H and O–H groups in total. The Labute approximate surface area is 88.3 Å². The van der Waals surface area contributed by atoms with Gasteiger partial charge in [-0.1, -0.05) is 13.8 Å². The van der Waals surface area contributed by atoms with Crippen LogP contribution in [0.2, 0.25) is 0 Å². The molecule has 0 saturated carbocycles. The second kappa shape index (κ2) is 10.4. The van der Waals surface area contributed by atoms with Crippen LogP contribution < -0.4 is 0 Å². The minimum atomic E-state index is 1.28. The van der Waals surface area contributed by atoms with Crippen LogP contribution in [0.4, 0.5) is 0 Å². The summed E-state index contributed by atoms with van der Waals surface area (Å²) < 4.78 is 0. The summed E-state index contributed by atoms with van der Waals surface area (Å²) in [6, 6.07) is 0. The first kappa shape index (κ1) is 13.3. The summed E-state index contributed by atoms with van der Waals surface area (Å²) in [4.78, 5) is 2.60. The molecule has 0 aliphatic carbocycles. The minimum absolute atomic E-state index is 1.28. The van der Waals surface area contributed by atoms with Gasteiger partial charge in [0.2, 0.25) is 0 Å². The maximum absolute atomic E-state index is 2.60. The van der Waals surface area contributed by atoms with Crippen molar-refractivity contribution < 1.29 is 0 Å². The molecule has 0 aliphatic heterocycles. The van der Waals surface area contributed by atoms with Crippen molar-refractivity contribution in [2.75, 3.05) is 31.6 Å². The molecule has 0 aromatic rings. The van der Waals surface area contributed by atoms with Gasteiger partial charge < -0.3 is 4.90 Å². The van der Waals surface area contributed by atoms with Crippen molar-refractivity contribution in [3.8, 4) is 0 Å². The number of hydrogen-bond donors (Lipinski definition) is 0. The third-order valence-corrected chi connectivity index (χ3v) is 2.85. The lowest BCUT2D eigenvalue weighted by molar-refractivity contribution is 0.271. The average molecular weight is 203 g/mol. The van der Waals surface area contributed by atoms with Crippen LogP contribution in [-0.2, 0) is 0 Å². The van der Waals surface area contributed by atoms with Gasteiger partial charge in [-0.15, -0.1) is 0 Å². The molecule has 0 rings (SSSR count). The number of unbranched alkanes of at least 4 members (excludes halogenated alkanes) is 1. The second-order valence-corrected chi connectivity index (χ2v) is 4.53. The van der Waals surface area contributed by atoms with Gasteiger partial charge in [0.15, 0.2) is 0 Å². The van der Waals surface area contributed by atoms with Crippen molar-refractivity contribution in [3.63, 3.8) is 0 Å². The van der Waals surface area contributed by atoms with E-state index in [1.807, 2.05) is 11.8 Å². The first-order valence-electron chi connectivity index (χ1n) is 5.56. The smallest absolute Gasteiger partial charge is 0.00184 e. The minimum Gasteiger partial charge on any atom is -0.303 e. The maximum atomic E-state index is 2.60. The molecule has 0 saturated heterocycles. The van der Waals surface area contributed by atoms with E-state index in [1.165, 1.54) is 51.1 Å². The Balaban J connectivity index is 3.33. The van der Waals surface area contributed by atoms with Gasteiger partial charge in [0.1, 0.15) is 0 Å². The lowest BCUT2D eigenvalue weighted by Crippen LogP contribution is -2.26. The summed E-state index contributed by atoms with van der Waals surface area (Å²) in [5.41, 5.74) is 0. The van der Waals surface area contributed by atoms with Crippen LogP contribution in [0.3, 0.4) is 0 Å². The molecule has 2 heteroatoms. The fourth-order valence-corrected chi connectivity index (χ4v) is 2.04. The van der Waals surface area contributed by atoms with Gasteiger partial charge in [-0.3, -0.25) is 0 Å². The maximum Gasteiger partial charge on any atom is -0.00184 e. The fraction of sp³-hybridized carbons (Fsp3) is 1.00. The Kier molecular flexibility index (Phi) is 10.6. The lowest BCUT2D eigenvalue weighted by Gasteiger charge is -2.20. The van der Waals surface area contributed by atoms with Gasteiger partial charge in [0.25, 0.3) is 0 Å². The van der Waals surface area contributed by atoms with Crippen molar-refractivity contribution in [2.45, 2.75) is 39.5 Å². The van der Waals surface area contributed by atoms with Crippen molar-refractivity contribution >= 4 is 11.8 Å². The molecule has 0 bridgehead atoms. The van der Waals surface area contributed by atoms with Crippen LogP contribution in [0.15, 0.2) is 0 Å². The zero-order chi connectivity index (χ0) is 9.94. The molecule has 0 aromatic heterocycles. The Hall–Kier alpha value is 0.310. The Morgan fingerprint density at radius 1 is 0.923 bits per heavy atom. The summed E-state index contributed by atoms with van der Waals surface area (Å²) in [6.45, 7) is 8.41.